The highest BCUT2D eigenvalue weighted by atomic mass is 14.4. The van der Waals surface area contributed by atoms with Crippen molar-refractivity contribution in [3.05, 3.63) is 130 Å². The minimum Gasteiger partial charge on any atom is -0.0620 e. The third-order valence-corrected chi connectivity index (χ3v) is 7.22. The van der Waals surface area contributed by atoms with E-state index in [0.29, 0.717) is 0 Å². The molecule has 5 aromatic rings. The molecule has 0 N–H and O–H groups in total. The zero-order valence-electron chi connectivity index (χ0n) is 18.2. The third-order valence-electron chi connectivity index (χ3n) is 7.22. The quantitative estimate of drug-likeness (QED) is 0.283. The summed E-state index contributed by atoms with van der Waals surface area (Å²) in [5.74, 6) is 0. The molecule has 0 nitrogen and oxygen atoms in total. The second kappa shape index (κ2) is 6.82. The van der Waals surface area contributed by atoms with Gasteiger partial charge in [0.25, 0.3) is 0 Å². The van der Waals surface area contributed by atoms with Gasteiger partial charge in [-0.3, -0.25) is 0 Å². The number of rotatable bonds is 2. The fourth-order valence-corrected chi connectivity index (χ4v) is 5.64. The average Bonchev–Trinajstić information content (AvgIpc) is 3.19. The largest absolute Gasteiger partial charge is 0.0620 e. The van der Waals surface area contributed by atoms with E-state index in [1.807, 2.05) is 0 Å². The Hall–Kier alpha value is -3.38. The van der Waals surface area contributed by atoms with Crippen molar-refractivity contribution in [1.29, 1.82) is 0 Å². The van der Waals surface area contributed by atoms with Crippen molar-refractivity contribution in [2.45, 2.75) is 32.1 Å². The summed E-state index contributed by atoms with van der Waals surface area (Å²) < 4.78 is 0. The molecule has 0 aromatic heterocycles. The Bertz CT molecular complexity index is 1370. The Kier molecular flexibility index (Phi) is 4.05. The van der Waals surface area contributed by atoms with Crippen molar-refractivity contribution in [2.75, 3.05) is 0 Å². The van der Waals surface area contributed by atoms with Crippen molar-refractivity contribution in [1.82, 2.24) is 0 Å². The summed E-state index contributed by atoms with van der Waals surface area (Å²) in [6, 6.07) is 36.8. The van der Waals surface area contributed by atoms with Gasteiger partial charge in [-0.2, -0.15) is 0 Å². The SMILES string of the molecule is Cc1ccc2cc(C3(c4ccc5cc(C)ccc5c4)CCc4ccccc43)ccc2c1. The molecule has 1 aliphatic rings. The molecule has 5 aromatic carbocycles. The van der Waals surface area contributed by atoms with Crippen LogP contribution < -0.4 is 0 Å². The molecular formula is C31H26. The Balaban J connectivity index is 1.64. The van der Waals surface area contributed by atoms with Crippen LogP contribution in [-0.4, -0.2) is 0 Å². The average molecular weight is 399 g/mol. The van der Waals surface area contributed by atoms with Crippen LogP contribution in [0.15, 0.2) is 97.1 Å². The fraction of sp³-hybridized carbons (Fsp3) is 0.161. The Morgan fingerprint density at radius 1 is 0.548 bits per heavy atom. The van der Waals surface area contributed by atoms with Gasteiger partial charge in [-0.05, 0) is 82.6 Å². The minimum atomic E-state index is -0.102. The summed E-state index contributed by atoms with van der Waals surface area (Å²) >= 11 is 0. The molecule has 0 fully saturated rings. The Labute approximate surface area is 184 Å². The van der Waals surface area contributed by atoms with E-state index in [1.54, 1.807) is 0 Å². The van der Waals surface area contributed by atoms with Crippen LogP contribution in [0.25, 0.3) is 21.5 Å². The monoisotopic (exact) mass is 398 g/mol. The summed E-state index contributed by atoms with van der Waals surface area (Å²) in [5, 5.41) is 5.28. The van der Waals surface area contributed by atoms with E-state index in [0.717, 1.165) is 12.8 Å². The predicted molar refractivity (Wildman–Crippen MR) is 132 cm³/mol. The molecule has 0 spiro atoms. The van der Waals surface area contributed by atoms with Crippen molar-refractivity contribution in [3.8, 4) is 0 Å². The molecular weight excluding hydrogens is 372 g/mol. The first-order valence-corrected chi connectivity index (χ1v) is 11.2. The van der Waals surface area contributed by atoms with Crippen LogP contribution in [0.5, 0.6) is 0 Å². The lowest BCUT2D eigenvalue weighted by Gasteiger charge is -2.33. The molecule has 6 rings (SSSR count). The number of hydrogen-bond donors (Lipinski definition) is 0. The normalized spacial score (nSPS) is 14.8. The van der Waals surface area contributed by atoms with Gasteiger partial charge in [0.15, 0.2) is 0 Å². The number of benzene rings is 5. The topological polar surface area (TPSA) is 0 Å². The Morgan fingerprint density at radius 2 is 1.06 bits per heavy atom. The van der Waals surface area contributed by atoms with Crippen molar-refractivity contribution < 1.29 is 0 Å². The highest BCUT2D eigenvalue weighted by molar-refractivity contribution is 5.86. The van der Waals surface area contributed by atoms with Crippen LogP contribution in [0.1, 0.15) is 39.8 Å². The van der Waals surface area contributed by atoms with Gasteiger partial charge in [0.05, 0.1) is 0 Å². The van der Waals surface area contributed by atoms with Gasteiger partial charge in [-0.15, -0.1) is 0 Å². The van der Waals surface area contributed by atoms with Crippen LogP contribution >= 0.6 is 0 Å². The maximum atomic E-state index is 2.43. The van der Waals surface area contributed by atoms with Crippen LogP contribution in [-0.2, 0) is 11.8 Å². The van der Waals surface area contributed by atoms with E-state index in [2.05, 4.69) is 111 Å². The fourth-order valence-electron chi connectivity index (χ4n) is 5.64. The van der Waals surface area contributed by atoms with E-state index in [4.69, 9.17) is 0 Å². The highest BCUT2D eigenvalue weighted by Crippen LogP contribution is 2.50. The first-order valence-electron chi connectivity index (χ1n) is 11.2. The summed E-state index contributed by atoms with van der Waals surface area (Å²) in [5.41, 5.74) is 8.27. The van der Waals surface area contributed by atoms with Crippen molar-refractivity contribution in [2.24, 2.45) is 0 Å². The van der Waals surface area contributed by atoms with Crippen LogP contribution in [0.4, 0.5) is 0 Å². The van der Waals surface area contributed by atoms with Gasteiger partial charge in [0.2, 0.25) is 0 Å². The van der Waals surface area contributed by atoms with Gasteiger partial charge in [-0.25, -0.2) is 0 Å². The molecule has 0 amide bonds. The van der Waals surface area contributed by atoms with Crippen LogP contribution in [0.3, 0.4) is 0 Å². The minimum absolute atomic E-state index is 0.102. The maximum absolute atomic E-state index is 2.43. The van der Waals surface area contributed by atoms with Gasteiger partial charge in [0.1, 0.15) is 0 Å². The van der Waals surface area contributed by atoms with Gasteiger partial charge < -0.3 is 0 Å². The van der Waals surface area contributed by atoms with Crippen molar-refractivity contribution >= 4 is 21.5 Å². The lowest BCUT2D eigenvalue weighted by molar-refractivity contribution is 0.612. The first kappa shape index (κ1) is 18.4. The summed E-state index contributed by atoms with van der Waals surface area (Å²) in [6.07, 6.45) is 2.23. The molecule has 0 radical (unpaired) electrons. The van der Waals surface area contributed by atoms with E-state index >= 15 is 0 Å². The molecule has 31 heavy (non-hydrogen) atoms. The molecule has 0 aliphatic heterocycles. The highest BCUT2D eigenvalue weighted by Gasteiger charge is 2.41. The molecule has 0 saturated carbocycles. The smallest absolute Gasteiger partial charge is 0.0457 e. The third kappa shape index (κ3) is 2.82. The molecule has 0 atom stereocenters. The number of hydrogen-bond acceptors (Lipinski definition) is 0. The first-order chi connectivity index (χ1) is 15.1. The zero-order valence-corrected chi connectivity index (χ0v) is 18.2. The Morgan fingerprint density at radius 3 is 1.68 bits per heavy atom. The predicted octanol–water partition coefficient (Wildman–Crippen LogP) is 7.89. The maximum Gasteiger partial charge on any atom is 0.0457 e. The lowest BCUT2D eigenvalue weighted by Crippen LogP contribution is -2.26. The van der Waals surface area contributed by atoms with Crippen LogP contribution in [0, 0.1) is 13.8 Å². The van der Waals surface area contributed by atoms with E-state index < -0.39 is 0 Å². The van der Waals surface area contributed by atoms with E-state index in [-0.39, 0.29) is 5.41 Å². The summed E-state index contributed by atoms with van der Waals surface area (Å²) in [7, 11) is 0. The molecule has 150 valence electrons. The van der Waals surface area contributed by atoms with E-state index in [1.165, 1.54) is 54.9 Å². The summed E-state index contributed by atoms with van der Waals surface area (Å²) in [6.45, 7) is 4.33. The molecule has 0 unspecified atom stereocenters. The van der Waals surface area contributed by atoms with Gasteiger partial charge in [-0.1, -0.05) is 96.1 Å². The molecule has 1 aliphatic carbocycles. The molecule has 0 heteroatoms. The second-order valence-corrected chi connectivity index (χ2v) is 9.19. The van der Waals surface area contributed by atoms with Crippen LogP contribution in [0.2, 0.25) is 0 Å². The van der Waals surface area contributed by atoms with Gasteiger partial charge in [0, 0.05) is 5.41 Å². The lowest BCUT2D eigenvalue weighted by atomic mass is 9.69. The number of aryl methyl sites for hydroxylation is 3. The summed E-state index contributed by atoms with van der Waals surface area (Å²) in [4.78, 5) is 0. The second-order valence-electron chi connectivity index (χ2n) is 9.19. The number of fused-ring (bicyclic) bond motifs is 3. The molecule has 0 heterocycles. The van der Waals surface area contributed by atoms with Gasteiger partial charge >= 0.3 is 0 Å². The standard InChI is InChI=1S/C31H26/c1-21-7-9-26-19-28(13-11-24(26)17-21)31(16-15-23-5-3-4-6-30(23)31)29-14-12-25-18-22(2)8-10-27(25)20-29/h3-14,17-20H,15-16H2,1-2H3. The van der Waals surface area contributed by atoms with E-state index in [9.17, 15) is 0 Å². The molecule has 0 bridgehead atoms. The zero-order chi connectivity index (χ0) is 21.0. The molecule has 0 saturated heterocycles. The van der Waals surface area contributed by atoms with Crippen molar-refractivity contribution in [3.63, 3.8) is 0 Å².